The monoisotopic (exact) mass is 487 g/mol. The number of allylic oxidation sites excluding steroid dienone is 1. The van der Waals surface area contributed by atoms with Gasteiger partial charge >= 0.3 is 5.97 Å². The van der Waals surface area contributed by atoms with Gasteiger partial charge in [0, 0.05) is 32.0 Å². The summed E-state index contributed by atoms with van der Waals surface area (Å²) >= 11 is 0. The molecule has 10 nitrogen and oxygen atoms in total. The Bertz CT molecular complexity index is 1140. The number of carbonyl (C=O) groups excluding carboxylic acids is 3. The first kappa shape index (κ1) is 24.9. The lowest BCUT2D eigenvalue weighted by atomic mass is 9.42. The van der Waals surface area contributed by atoms with Crippen molar-refractivity contribution in [2.75, 3.05) is 19.5 Å². The molecule has 1 amide bonds. The van der Waals surface area contributed by atoms with E-state index < -0.39 is 51.2 Å². The van der Waals surface area contributed by atoms with Crippen LogP contribution in [0.2, 0.25) is 0 Å². The molecule has 0 aliphatic heterocycles. The molecule has 4 aliphatic carbocycles. The maximum atomic E-state index is 13.2. The van der Waals surface area contributed by atoms with Gasteiger partial charge in [0.05, 0.1) is 5.41 Å². The highest BCUT2D eigenvalue weighted by Crippen LogP contribution is 2.66. The zero-order chi connectivity index (χ0) is 25.8. The summed E-state index contributed by atoms with van der Waals surface area (Å²) in [6, 6.07) is 2.08. The lowest BCUT2D eigenvalue weighted by Gasteiger charge is -2.63. The number of hydrogen-bond acceptors (Lipinski definition) is 8. The quantitative estimate of drug-likeness (QED) is 0.335. The normalized spacial score (nSPS) is 30.7. The number of phenolic OH excluding ortho intramolecular Hbond substituents is 1. The summed E-state index contributed by atoms with van der Waals surface area (Å²) in [5.74, 6) is -5.72. The molecule has 4 N–H and O–H groups in total. The van der Waals surface area contributed by atoms with Crippen LogP contribution in [-0.4, -0.2) is 58.8 Å². The van der Waals surface area contributed by atoms with Crippen LogP contribution in [0, 0.1) is 22.7 Å². The third-order valence-electron chi connectivity index (χ3n) is 8.32. The summed E-state index contributed by atoms with van der Waals surface area (Å²) in [6.45, 7) is 1.78. The van der Waals surface area contributed by atoms with Gasteiger partial charge in [0.25, 0.3) is 0 Å². The second-order valence-electron chi connectivity index (χ2n) is 9.78. The summed E-state index contributed by atoms with van der Waals surface area (Å²) in [5.41, 5.74) is -2.74. The van der Waals surface area contributed by atoms with Gasteiger partial charge in [-0.15, -0.1) is 0 Å². The van der Waals surface area contributed by atoms with Crippen LogP contribution in [0.25, 0.3) is 0 Å². The molecule has 0 saturated heterocycles. The van der Waals surface area contributed by atoms with Crippen molar-refractivity contribution in [3.05, 3.63) is 29.8 Å². The minimum atomic E-state index is -1.51. The lowest BCUT2D eigenvalue weighted by molar-refractivity contribution is -0.295. The highest BCUT2D eigenvalue weighted by Gasteiger charge is 2.72. The predicted molar refractivity (Wildman–Crippen MR) is 122 cm³/mol. The van der Waals surface area contributed by atoms with Crippen LogP contribution in [0.3, 0.4) is 0 Å². The van der Waals surface area contributed by atoms with E-state index in [0.717, 1.165) is 12.1 Å². The van der Waals surface area contributed by atoms with E-state index in [2.05, 4.69) is 5.32 Å². The van der Waals surface area contributed by atoms with E-state index in [9.17, 15) is 34.5 Å². The van der Waals surface area contributed by atoms with Crippen molar-refractivity contribution in [2.24, 2.45) is 22.7 Å². The number of Topliss-reactive ketones (excluding diaryl/α,β-unsaturated/α-hetero) is 1. The van der Waals surface area contributed by atoms with Gasteiger partial charge in [-0.2, -0.15) is 0 Å². The molecule has 5 rings (SSSR count). The summed E-state index contributed by atoms with van der Waals surface area (Å²) in [6.07, 6.45) is 4.92. The number of carbonyl (C=O) groups is 4. The number of phenols is 2. The van der Waals surface area contributed by atoms with Crippen LogP contribution in [0.4, 0.5) is 5.69 Å². The van der Waals surface area contributed by atoms with E-state index in [1.807, 2.05) is 0 Å². The molecule has 3 fully saturated rings. The second-order valence-corrected chi connectivity index (χ2v) is 9.78. The maximum Gasteiger partial charge on any atom is 0.339 e. The highest BCUT2D eigenvalue weighted by atomic mass is 16.7. The van der Waals surface area contributed by atoms with E-state index in [4.69, 9.17) is 9.47 Å². The van der Waals surface area contributed by atoms with E-state index >= 15 is 0 Å². The van der Waals surface area contributed by atoms with Gasteiger partial charge in [-0.1, -0.05) is 13.0 Å². The van der Waals surface area contributed by atoms with Crippen molar-refractivity contribution in [1.82, 2.24) is 0 Å². The topological polar surface area (TPSA) is 159 Å². The van der Waals surface area contributed by atoms with Crippen molar-refractivity contribution in [2.45, 2.75) is 44.8 Å². The lowest BCUT2D eigenvalue weighted by Crippen LogP contribution is -2.71. The van der Waals surface area contributed by atoms with Crippen LogP contribution >= 0.6 is 0 Å². The Kier molecular flexibility index (Phi) is 6.01. The third kappa shape index (κ3) is 3.38. The molecule has 188 valence electrons. The summed E-state index contributed by atoms with van der Waals surface area (Å²) in [4.78, 5) is 50.4. The minimum Gasteiger partial charge on any atom is -0.506 e. The number of aromatic hydroxyl groups is 2. The Hall–Kier alpha value is -3.24. The number of carboxylic acid groups (broad SMARTS) is 1. The highest BCUT2D eigenvalue weighted by molar-refractivity contribution is 6.01. The zero-order valence-corrected chi connectivity index (χ0v) is 19.8. The first-order chi connectivity index (χ1) is 16.5. The first-order valence-electron chi connectivity index (χ1n) is 11.4. The number of methoxy groups -OCH3 is 2. The molecular weight excluding hydrogens is 458 g/mol. The number of aromatic carboxylic acids is 1. The van der Waals surface area contributed by atoms with Gasteiger partial charge in [0.15, 0.2) is 17.3 Å². The fourth-order valence-electron chi connectivity index (χ4n) is 6.47. The first-order valence-corrected chi connectivity index (χ1v) is 11.4. The Balaban J connectivity index is 1.60. The zero-order valence-electron chi connectivity index (χ0n) is 19.8. The molecule has 0 heterocycles. The Morgan fingerprint density at radius 1 is 1.17 bits per heavy atom. The molecule has 3 saturated carbocycles. The summed E-state index contributed by atoms with van der Waals surface area (Å²) in [5, 5.41) is 31.7. The average molecular weight is 488 g/mol. The standard InChI is InChI=1S/C25H29NO9/c1-23(9-8-18(29)26-19-15(27)5-4-14(20(19)30)22(32)33)16-12-13-6-10-24(16,11-7-17(23)28)25(34-2,35-3)21(13)31/h4-5,7,11,13,16,27,30H,6,8-10,12H2,1-3H3,(H,26,29)(H,32,33)/t13-,16?,23?,24-/m0/s1. The number of amides is 1. The SMILES string of the molecule is COC1(OC)C(=O)[C@H]2CC[C@@]13C=CC(=O)C(C)(CCC(=O)Nc1c(O)ccc(C(=O)O)c1O)C3C2. The summed E-state index contributed by atoms with van der Waals surface area (Å²) < 4.78 is 11.4. The number of nitrogens with one attached hydrogen (secondary N) is 1. The van der Waals surface area contributed by atoms with Crippen LogP contribution in [0.1, 0.15) is 49.4 Å². The molecular formula is C25H29NO9. The molecule has 1 spiro atoms. The Labute approximate surface area is 201 Å². The third-order valence-corrected chi connectivity index (χ3v) is 8.32. The van der Waals surface area contributed by atoms with Gasteiger partial charge < -0.3 is 30.1 Å². The van der Waals surface area contributed by atoms with Gasteiger partial charge in [-0.05, 0) is 49.8 Å². The molecule has 2 bridgehead atoms. The van der Waals surface area contributed by atoms with Crippen molar-refractivity contribution >= 4 is 29.1 Å². The summed E-state index contributed by atoms with van der Waals surface area (Å²) in [7, 11) is 2.85. The van der Waals surface area contributed by atoms with Crippen LogP contribution in [0.15, 0.2) is 24.3 Å². The average Bonchev–Trinajstić information content (AvgIpc) is 2.83. The number of fused-ring (bicyclic) bond motifs is 2. The number of rotatable bonds is 7. The van der Waals surface area contributed by atoms with Crippen LogP contribution in [-0.2, 0) is 23.9 Å². The fraction of sp³-hybridized carbons (Fsp3) is 0.520. The van der Waals surface area contributed by atoms with Crippen molar-refractivity contribution in [3.8, 4) is 11.5 Å². The van der Waals surface area contributed by atoms with Gasteiger partial charge in [-0.25, -0.2) is 4.79 Å². The largest absolute Gasteiger partial charge is 0.506 e. The fourth-order valence-corrected chi connectivity index (χ4v) is 6.47. The number of carboxylic acids is 1. The molecule has 2 unspecified atom stereocenters. The van der Waals surface area contributed by atoms with Gasteiger partial charge in [-0.3, -0.25) is 14.4 Å². The molecule has 1 aromatic carbocycles. The molecule has 0 aromatic heterocycles. The smallest absolute Gasteiger partial charge is 0.339 e. The molecule has 10 heteroatoms. The number of ether oxygens (including phenoxy) is 2. The number of ketones is 2. The van der Waals surface area contributed by atoms with E-state index in [1.54, 1.807) is 13.0 Å². The molecule has 1 aromatic rings. The van der Waals surface area contributed by atoms with Crippen molar-refractivity contribution < 1.29 is 44.0 Å². The van der Waals surface area contributed by atoms with Crippen molar-refractivity contribution in [3.63, 3.8) is 0 Å². The van der Waals surface area contributed by atoms with Crippen LogP contribution < -0.4 is 5.32 Å². The number of anilines is 1. The molecule has 35 heavy (non-hydrogen) atoms. The molecule has 4 aliphatic rings. The minimum absolute atomic E-state index is 0.124. The number of benzene rings is 1. The molecule has 4 atom stereocenters. The van der Waals surface area contributed by atoms with Gasteiger partial charge in [0.2, 0.25) is 11.7 Å². The molecule has 0 radical (unpaired) electrons. The van der Waals surface area contributed by atoms with Crippen LogP contribution in [0.5, 0.6) is 11.5 Å². The number of hydrogen-bond donors (Lipinski definition) is 4. The van der Waals surface area contributed by atoms with E-state index in [1.165, 1.54) is 20.3 Å². The van der Waals surface area contributed by atoms with E-state index in [0.29, 0.717) is 19.3 Å². The Morgan fingerprint density at radius 3 is 2.49 bits per heavy atom. The second kappa shape index (κ2) is 8.46. The van der Waals surface area contributed by atoms with E-state index in [-0.39, 0.29) is 36.2 Å². The Morgan fingerprint density at radius 2 is 1.86 bits per heavy atom. The predicted octanol–water partition coefficient (Wildman–Crippen LogP) is 2.63. The van der Waals surface area contributed by atoms with Crippen molar-refractivity contribution in [1.29, 1.82) is 0 Å². The maximum absolute atomic E-state index is 13.2. The van der Waals surface area contributed by atoms with Gasteiger partial charge in [0.1, 0.15) is 17.0 Å².